The number of aromatic amines is 2. The number of fused-ring (bicyclic) bond motifs is 7. The number of methoxy groups -OCH3 is 3. The molecule has 0 aliphatic carbocycles. The number of alkyl carbamates (subject to hydrolysis) is 2. The molecule has 328 valence electrons. The van der Waals surface area contributed by atoms with Crippen LogP contribution >= 0.6 is 0 Å². The number of amides is 4. The normalized spacial score (nSPS) is 20.3. The highest BCUT2D eigenvalue weighted by Crippen LogP contribution is 2.44. The summed E-state index contributed by atoms with van der Waals surface area (Å²) in [5.74, 6) is 1.66. The van der Waals surface area contributed by atoms with Gasteiger partial charge in [0.1, 0.15) is 36.1 Å². The maximum Gasteiger partial charge on any atom is 0.407 e. The Hall–Kier alpha value is -6.16. The summed E-state index contributed by atoms with van der Waals surface area (Å²) < 4.78 is 21.4. The number of hydrogen-bond donors (Lipinski definition) is 4. The van der Waals surface area contributed by atoms with Crippen molar-refractivity contribution >= 4 is 45.8 Å². The molecule has 2 fully saturated rings. The standard InChI is InChI=1S/C46H56N8O8/c1-8-35(53(16-9-17-59-5)43(55)38(24(2)3)51-45(57)60-6)42-48-33-14-11-26-20-32-30-13-10-27(19-28(30)23-62-37(32)21-31(26)40(33)50-42)34-22-47-41(49-34)36-15-12-29-18-25(4)39(44(56)54(29)36)52-46(58)61-7/h10-11,13-14,19-22,24-25,29,35-36,38-39H,8-9,12,15-18,23H2,1-7H3,(H,47,49)(H,48,50)(H,51,57)(H,52,58)/t25?,29-,35+,36+,38+,39+/m1/s1. The molecule has 16 heteroatoms. The smallest absolute Gasteiger partial charge is 0.407 e. The predicted molar refractivity (Wildman–Crippen MR) is 232 cm³/mol. The first-order chi connectivity index (χ1) is 29.9. The highest BCUT2D eigenvalue weighted by Gasteiger charge is 2.48. The van der Waals surface area contributed by atoms with Gasteiger partial charge in [-0.3, -0.25) is 9.59 Å². The number of ether oxygens (including phenoxy) is 4. The van der Waals surface area contributed by atoms with Crippen LogP contribution in [0.3, 0.4) is 0 Å². The average Bonchev–Trinajstić information content (AvgIpc) is 4.04. The first-order valence-corrected chi connectivity index (χ1v) is 21.5. The number of imidazole rings is 2. The number of benzene rings is 3. The van der Waals surface area contributed by atoms with Crippen molar-refractivity contribution in [2.45, 2.75) is 96.6 Å². The molecule has 0 spiro atoms. The molecule has 16 nitrogen and oxygen atoms in total. The quantitative estimate of drug-likeness (QED) is 0.0884. The molecule has 4 amide bonds. The lowest BCUT2D eigenvalue weighted by atomic mass is 9.88. The first-order valence-electron chi connectivity index (χ1n) is 21.5. The van der Waals surface area contributed by atoms with Crippen LogP contribution < -0.4 is 15.4 Å². The number of hydrogen-bond acceptors (Lipinski definition) is 10. The molecule has 8 rings (SSSR count). The summed E-state index contributed by atoms with van der Waals surface area (Å²) >= 11 is 0. The fraction of sp³-hybridized carbons (Fsp3) is 0.478. The third-order valence-corrected chi connectivity index (χ3v) is 12.8. The minimum absolute atomic E-state index is 0.00170. The Bertz CT molecular complexity index is 2500. The summed E-state index contributed by atoms with van der Waals surface area (Å²) in [7, 11) is 4.22. The molecule has 0 radical (unpaired) electrons. The predicted octanol–water partition coefficient (Wildman–Crippen LogP) is 7.16. The zero-order valence-electron chi connectivity index (χ0n) is 36.4. The number of aromatic nitrogens is 4. The molecule has 6 atom stereocenters. The van der Waals surface area contributed by atoms with Crippen LogP contribution in [0, 0.1) is 11.8 Å². The maximum absolute atomic E-state index is 14.2. The van der Waals surface area contributed by atoms with Crippen LogP contribution in [-0.2, 0) is 30.4 Å². The van der Waals surface area contributed by atoms with E-state index in [2.05, 4.69) is 57.0 Å². The highest BCUT2D eigenvalue weighted by molar-refractivity contribution is 6.07. The monoisotopic (exact) mass is 848 g/mol. The summed E-state index contributed by atoms with van der Waals surface area (Å²) in [4.78, 5) is 72.8. The van der Waals surface area contributed by atoms with Gasteiger partial charge in [-0.25, -0.2) is 19.6 Å². The Morgan fingerprint density at radius 3 is 2.56 bits per heavy atom. The zero-order valence-corrected chi connectivity index (χ0v) is 36.4. The number of nitrogens with one attached hydrogen (secondary N) is 4. The summed E-state index contributed by atoms with van der Waals surface area (Å²) in [6.45, 7) is 9.07. The minimum atomic E-state index is -0.785. The molecule has 1 unspecified atom stereocenters. The third-order valence-electron chi connectivity index (χ3n) is 12.8. The average molecular weight is 849 g/mol. The Kier molecular flexibility index (Phi) is 12.1. The van der Waals surface area contributed by atoms with E-state index in [1.54, 1.807) is 12.0 Å². The van der Waals surface area contributed by atoms with E-state index in [9.17, 15) is 19.2 Å². The van der Waals surface area contributed by atoms with Crippen LogP contribution in [0.1, 0.15) is 89.1 Å². The molecule has 62 heavy (non-hydrogen) atoms. The Morgan fingerprint density at radius 1 is 1.02 bits per heavy atom. The van der Waals surface area contributed by atoms with Gasteiger partial charge >= 0.3 is 12.2 Å². The summed E-state index contributed by atoms with van der Waals surface area (Å²) in [5.41, 5.74) is 6.53. The first kappa shape index (κ1) is 42.5. The van der Waals surface area contributed by atoms with Crippen LogP contribution in [0.4, 0.5) is 9.59 Å². The van der Waals surface area contributed by atoms with Crippen LogP contribution in [0.2, 0.25) is 0 Å². The van der Waals surface area contributed by atoms with Crippen LogP contribution in [0.15, 0.2) is 48.7 Å². The van der Waals surface area contributed by atoms with Crippen LogP contribution in [0.25, 0.3) is 44.2 Å². The third kappa shape index (κ3) is 7.91. The second kappa shape index (κ2) is 17.7. The zero-order chi connectivity index (χ0) is 43.8. The van der Waals surface area contributed by atoms with E-state index < -0.39 is 30.3 Å². The number of carbonyl (C=O) groups is 4. The molecule has 5 heterocycles. The summed E-state index contributed by atoms with van der Waals surface area (Å²) in [6.07, 6.45) is 4.22. The van der Waals surface area contributed by atoms with Gasteiger partial charge in [0.05, 0.1) is 49.2 Å². The van der Waals surface area contributed by atoms with Crippen molar-refractivity contribution in [3.8, 4) is 28.1 Å². The van der Waals surface area contributed by atoms with E-state index in [0.717, 1.165) is 80.6 Å². The molecular formula is C46H56N8O8. The maximum atomic E-state index is 14.2. The lowest BCUT2D eigenvalue weighted by Crippen LogP contribution is -2.58. The Morgan fingerprint density at radius 2 is 1.82 bits per heavy atom. The largest absolute Gasteiger partial charge is 0.488 e. The highest BCUT2D eigenvalue weighted by atomic mass is 16.5. The van der Waals surface area contributed by atoms with Gasteiger partial charge in [-0.1, -0.05) is 45.9 Å². The summed E-state index contributed by atoms with van der Waals surface area (Å²) in [5, 5.41) is 7.44. The van der Waals surface area contributed by atoms with Crippen molar-refractivity contribution < 1.29 is 38.1 Å². The molecule has 0 bridgehead atoms. The van der Waals surface area contributed by atoms with Crippen molar-refractivity contribution in [1.82, 2.24) is 40.4 Å². The van der Waals surface area contributed by atoms with Crippen LogP contribution in [0.5, 0.6) is 5.75 Å². The second-order valence-corrected chi connectivity index (χ2v) is 17.0. The molecule has 4 N–H and O–H groups in total. The molecule has 3 aliphatic heterocycles. The van der Waals surface area contributed by atoms with Gasteiger partial charge in [-0.2, -0.15) is 0 Å². The van der Waals surface area contributed by atoms with Gasteiger partial charge in [0, 0.05) is 37.3 Å². The SMILES string of the molecule is CC[C@@H](c1nc2ccc3cc4c(cc3c2[nH]1)OCc1cc(-c2cnc([C@@H]3CC[C@@H]5CC(C)[C@H](NC(=O)OC)C(=O)N53)[nH]2)ccc1-4)N(CCCOC)C(=O)[C@@H](NC(=O)OC)C(C)C. The van der Waals surface area contributed by atoms with Crippen molar-refractivity contribution in [1.29, 1.82) is 0 Å². The molecule has 0 saturated carbocycles. The van der Waals surface area contributed by atoms with E-state index in [-0.39, 0.29) is 35.7 Å². The van der Waals surface area contributed by atoms with Gasteiger partial charge in [0.25, 0.3) is 0 Å². The molecule has 3 aliphatic rings. The number of carbonyl (C=O) groups excluding carboxylic acids is 4. The Balaban J connectivity index is 1.05. The van der Waals surface area contributed by atoms with Gasteiger partial charge in [0.2, 0.25) is 11.8 Å². The van der Waals surface area contributed by atoms with E-state index >= 15 is 0 Å². The van der Waals surface area contributed by atoms with Crippen molar-refractivity contribution in [3.05, 3.63) is 65.9 Å². The number of piperidine rings is 1. The molecule has 5 aromatic rings. The lowest BCUT2D eigenvalue weighted by Gasteiger charge is -2.41. The van der Waals surface area contributed by atoms with Gasteiger partial charge < -0.3 is 49.3 Å². The van der Waals surface area contributed by atoms with E-state index in [1.165, 1.54) is 14.2 Å². The van der Waals surface area contributed by atoms with Gasteiger partial charge in [0.15, 0.2) is 0 Å². The molecule has 3 aromatic carbocycles. The lowest BCUT2D eigenvalue weighted by molar-refractivity contribution is -0.142. The van der Waals surface area contributed by atoms with E-state index in [1.807, 2.05) is 44.9 Å². The Labute approximate surface area is 360 Å². The van der Waals surface area contributed by atoms with Crippen molar-refractivity contribution in [2.75, 3.05) is 34.5 Å². The molecular weight excluding hydrogens is 793 g/mol. The van der Waals surface area contributed by atoms with E-state index in [0.29, 0.717) is 38.4 Å². The van der Waals surface area contributed by atoms with Crippen molar-refractivity contribution in [2.24, 2.45) is 11.8 Å². The minimum Gasteiger partial charge on any atom is -0.488 e. The van der Waals surface area contributed by atoms with Gasteiger partial charge in [-0.15, -0.1) is 0 Å². The van der Waals surface area contributed by atoms with Gasteiger partial charge in [-0.05, 0) is 90.3 Å². The number of nitrogens with zero attached hydrogens (tertiary/aromatic N) is 4. The van der Waals surface area contributed by atoms with E-state index in [4.69, 9.17) is 28.9 Å². The molecule has 2 aromatic heterocycles. The molecule has 2 saturated heterocycles. The van der Waals surface area contributed by atoms with Crippen molar-refractivity contribution in [3.63, 3.8) is 0 Å². The fourth-order valence-electron chi connectivity index (χ4n) is 9.60. The summed E-state index contributed by atoms with van der Waals surface area (Å²) in [6, 6.07) is 12.7. The second-order valence-electron chi connectivity index (χ2n) is 17.0. The van der Waals surface area contributed by atoms with Crippen LogP contribution in [-0.4, -0.2) is 106 Å². The number of rotatable bonds is 13. The fourth-order valence-corrected chi connectivity index (χ4v) is 9.60. The number of H-pyrrole nitrogens is 2. The topological polar surface area (TPSA) is 193 Å².